The first-order valence-corrected chi connectivity index (χ1v) is 7.20. The lowest BCUT2D eigenvalue weighted by Crippen LogP contribution is -1.95. The topological polar surface area (TPSA) is 67.5 Å². The molecule has 0 spiro atoms. The minimum Gasteiger partial charge on any atom is -0.279 e. The quantitative estimate of drug-likeness (QED) is 0.449. The summed E-state index contributed by atoms with van der Waals surface area (Å²) in [6.07, 6.45) is 1.40. The average Bonchev–Trinajstić information content (AvgIpc) is 2.43. The fourth-order valence-electron chi connectivity index (χ4n) is 1.49. The predicted molar refractivity (Wildman–Crippen MR) is 88.5 cm³/mol. The Balaban J connectivity index is 2.18. The van der Waals surface area contributed by atoms with Crippen molar-refractivity contribution in [2.24, 2.45) is 5.10 Å². The van der Waals surface area contributed by atoms with Crippen LogP contribution < -0.4 is 5.43 Å². The van der Waals surface area contributed by atoms with Crippen molar-refractivity contribution in [1.82, 2.24) is 0 Å². The second-order valence-corrected chi connectivity index (χ2v) is 5.69. The minimum atomic E-state index is -0.571. The van der Waals surface area contributed by atoms with Gasteiger partial charge in [0.2, 0.25) is 0 Å². The van der Waals surface area contributed by atoms with Crippen molar-refractivity contribution >= 4 is 56.7 Å². The van der Waals surface area contributed by atoms with Gasteiger partial charge in [-0.3, -0.25) is 15.5 Å². The van der Waals surface area contributed by atoms with Gasteiger partial charge in [0.05, 0.1) is 21.8 Å². The van der Waals surface area contributed by atoms with Crippen molar-refractivity contribution in [3.05, 3.63) is 66.6 Å². The molecule has 2 aromatic carbocycles. The molecule has 0 aliphatic rings. The fraction of sp³-hybridized carbons (Fsp3) is 0. The molecular weight excluding hydrogens is 381 g/mol. The van der Waals surface area contributed by atoms with Crippen LogP contribution in [-0.2, 0) is 0 Å². The third-order valence-corrected chi connectivity index (χ3v) is 3.66. The molecule has 0 aliphatic carbocycles. The van der Waals surface area contributed by atoms with Crippen LogP contribution in [0.3, 0.4) is 0 Å². The molecule has 2 rings (SSSR count). The summed E-state index contributed by atoms with van der Waals surface area (Å²) in [4.78, 5) is 10.3. The summed E-state index contributed by atoms with van der Waals surface area (Å²) in [7, 11) is 0. The number of rotatable bonds is 4. The van der Waals surface area contributed by atoms with E-state index in [1.165, 1.54) is 18.3 Å². The summed E-state index contributed by atoms with van der Waals surface area (Å²) in [5, 5.41) is 15.1. The van der Waals surface area contributed by atoms with Crippen molar-refractivity contribution in [1.29, 1.82) is 0 Å². The van der Waals surface area contributed by atoms with Crippen molar-refractivity contribution in [2.45, 2.75) is 0 Å². The van der Waals surface area contributed by atoms with Gasteiger partial charge in [0.25, 0.3) is 5.69 Å². The molecule has 5 nitrogen and oxygen atoms in total. The van der Waals surface area contributed by atoms with Gasteiger partial charge in [0.1, 0.15) is 5.02 Å². The monoisotopic (exact) mass is 387 g/mol. The lowest BCUT2D eigenvalue weighted by Gasteiger charge is -2.02. The van der Waals surface area contributed by atoms with Gasteiger partial charge in [-0.25, -0.2) is 0 Å². The molecule has 0 fully saturated rings. The first-order chi connectivity index (χ1) is 9.97. The maximum atomic E-state index is 10.8. The molecule has 1 N–H and O–H groups in total. The SMILES string of the molecule is O=[N+]([O-])c1cc(/C=N/Nc2ccc(Br)cc2)c(Cl)cc1Cl. The van der Waals surface area contributed by atoms with Gasteiger partial charge >= 0.3 is 0 Å². The highest BCUT2D eigenvalue weighted by Gasteiger charge is 2.15. The van der Waals surface area contributed by atoms with Gasteiger partial charge in [-0.1, -0.05) is 39.1 Å². The molecule has 0 saturated carbocycles. The first-order valence-electron chi connectivity index (χ1n) is 5.65. The molecule has 0 unspecified atom stereocenters. The molecule has 0 aromatic heterocycles. The summed E-state index contributed by atoms with van der Waals surface area (Å²) >= 11 is 15.1. The van der Waals surface area contributed by atoms with Gasteiger partial charge in [-0.15, -0.1) is 0 Å². The lowest BCUT2D eigenvalue weighted by molar-refractivity contribution is -0.384. The Labute approximate surface area is 138 Å². The normalized spacial score (nSPS) is 10.8. The van der Waals surface area contributed by atoms with Gasteiger partial charge in [-0.2, -0.15) is 5.10 Å². The Morgan fingerprint density at radius 1 is 1.19 bits per heavy atom. The first kappa shape index (κ1) is 15.8. The maximum absolute atomic E-state index is 10.8. The van der Waals surface area contributed by atoms with Crippen molar-refractivity contribution < 1.29 is 4.92 Å². The van der Waals surface area contributed by atoms with E-state index >= 15 is 0 Å². The van der Waals surface area contributed by atoms with E-state index in [0.29, 0.717) is 5.56 Å². The van der Waals surface area contributed by atoms with E-state index in [4.69, 9.17) is 23.2 Å². The van der Waals surface area contributed by atoms with Crippen LogP contribution in [-0.4, -0.2) is 11.1 Å². The van der Waals surface area contributed by atoms with Crippen LogP contribution in [0.25, 0.3) is 0 Å². The standard InChI is InChI=1S/C13H8BrCl2N3O2/c14-9-1-3-10(4-2-9)18-17-7-8-5-13(19(20)21)12(16)6-11(8)15/h1-7,18H/b17-7+. The Morgan fingerprint density at radius 3 is 2.48 bits per heavy atom. The summed E-state index contributed by atoms with van der Waals surface area (Å²) in [6.45, 7) is 0. The number of hydrazone groups is 1. The van der Waals surface area contributed by atoms with E-state index in [-0.39, 0.29) is 15.7 Å². The Kier molecular flexibility index (Phi) is 5.17. The zero-order valence-corrected chi connectivity index (χ0v) is 13.5. The predicted octanol–water partition coefficient (Wildman–Crippen LogP) is 5.11. The van der Waals surface area contributed by atoms with E-state index in [1.807, 2.05) is 24.3 Å². The van der Waals surface area contributed by atoms with Gasteiger partial charge < -0.3 is 0 Å². The molecule has 0 saturated heterocycles. The van der Waals surface area contributed by atoms with Crippen molar-refractivity contribution in [2.75, 3.05) is 5.43 Å². The molecular formula is C13H8BrCl2N3O2. The number of anilines is 1. The second kappa shape index (κ2) is 6.89. The van der Waals surface area contributed by atoms with Crippen molar-refractivity contribution in [3.8, 4) is 0 Å². The molecule has 0 bridgehead atoms. The number of nitro benzene ring substituents is 1. The molecule has 0 atom stereocenters. The smallest absolute Gasteiger partial charge is 0.279 e. The molecule has 0 aliphatic heterocycles. The van der Waals surface area contributed by atoms with E-state index in [0.717, 1.165) is 10.2 Å². The molecule has 108 valence electrons. The summed E-state index contributed by atoms with van der Waals surface area (Å²) in [5.74, 6) is 0. The molecule has 2 aromatic rings. The largest absolute Gasteiger partial charge is 0.288 e. The average molecular weight is 389 g/mol. The third-order valence-electron chi connectivity index (χ3n) is 2.50. The van der Waals surface area contributed by atoms with E-state index in [9.17, 15) is 10.1 Å². The zero-order valence-electron chi connectivity index (χ0n) is 10.4. The highest BCUT2D eigenvalue weighted by atomic mass is 79.9. The summed E-state index contributed by atoms with van der Waals surface area (Å²) < 4.78 is 0.952. The Hall–Kier alpha value is -1.63. The number of benzene rings is 2. The second-order valence-electron chi connectivity index (χ2n) is 3.96. The fourth-order valence-corrected chi connectivity index (χ4v) is 2.26. The number of nitrogens with one attached hydrogen (secondary N) is 1. The highest BCUT2D eigenvalue weighted by Crippen LogP contribution is 2.29. The Bertz CT molecular complexity index is 705. The number of hydrogen-bond acceptors (Lipinski definition) is 4. The van der Waals surface area contributed by atoms with E-state index < -0.39 is 4.92 Å². The number of nitrogens with zero attached hydrogens (tertiary/aromatic N) is 2. The van der Waals surface area contributed by atoms with Gasteiger partial charge in [0.15, 0.2) is 0 Å². The van der Waals surface area contributed by atoms with Crippen LogP contribution in [0.4, 0.5) is 11.4 Å². The number of nitro groups is 1. The van der Waals surface area contributed by atoms with Crippen LogP contribution in [0.5, 0.6) is 0 Å². The van der Waals surface area contributed by atoms with Gasteiger partial charge in [0, 0.05) is 16.1 Å². The Morgan fingerprint density at radius 2 is 1.86 bits per heavy atom. The molecule has 0 radical (unpaired) electrons. The van der Waals surface area contributed by atoms with E-state index in [2.05, 4.69) is 26.5 Å². The summed E-state index contributed by atoms with van der Waals surface area (Å²) in [6, 6.07) is 9.97. The molecule has 21 heavy (non-hydrogen) atoms. The van der Waals surface area contributed by atoms with Crippen LogP contribution in [0, 0.1) is 10.1 Å². The number of halogens is 3. The molecule has 0 heterocycles. The van der Waals surface area contributed by atoms with Crippen molar-refractivity contribution in [3.63, 3.8) is 0 Å². The summed E-state index contributed by atoms with van der Waals surface area (Å²) in [5.41, 5.74) is 3.75. The lowest BCUT2D eigenvalue weighted by atomic mass is 10.2. The van der Waals surface area contributed by atoms with Crippen LogP contribution in [0.1, 0.15) is 5.56 Å². The van der Waals surface area contributed by atoms with Gasteiger partial charge in [-0.05, 0) is 30.3 Å². The van der Waals surface area contributed by atoms with Crippen LogP contribution in [0.15, 0.2) is 46.0 Å². The zero-order chi connectivity index (χ0) is 15.4. The number of hydrogen-bond donors (Lipinski definition) is 1. The third kappa shape index (κ3) is 4.17. The minimum absolute atomic E-state index is 0.0111. The molecule has 0 amide bonds. The van der Waals surface area contributed by atoms with Crippen LogP contribution >= 0.6 is 39.1 Å². The van der Waals surface area contributed by atoms with Crippen LogP contribution in [0.2, 0.25) is 10.0 Å². The highest BCUT2D eigenvalue weighted by molar-refractivity contribution is 9.10. The maximum Gasteiger partial charge on any atom is 0.288 e. The van der Waals surface area contributed by atoms with E-state index in [1.54, 1.807) is 0 Å². The molecule has 8 heteroatoms.